The first-order valence-electron chi connectivity index (χ1n) is 17.5. The Kier molecular flexibility index (Phi) is 9.42. The number of carbonyl (C=O) groups is 1. The van der Waals surface area contributed by atoms with Crippen molar-refractivity contribution in [2.75, 3.05) is 64.9 Å². The first kappa shape index (κ1) is 33.8. The van der Waals surface area contributed by atoms with Crippen LogP contribution in [0.4, 0.5) is 14.6 Å². The fourth-order valence-corrected chi connectivity index (χ4v) is 7.93. The van der Waals surface area contributed by atoms with Gasteiger partial charge in [-0.3, -0.25) is 14.7 Å². The minimum absolute atomic E-state index is 0.00780. The number of rotatable bonds is 7. The lowest BCUT2D eigenvalue weighted by Crippen LogP contribution is -2.43. The Hall–Kier alpha value is -4.66. The van der Waals surface area contributed by atoms with Gasteiger partial charge in [0, 0.05) is 43.3 Å². The number of carbonyl (C=O) groups excluding carboxylic acids is 1. The molecule has 0 aliphatic carbocycles. The number of likely N-dealkylation sites (N-methyl/N-ethyl adjacent to an activating group) is 1. The molecule has 2 aromatic heterocycles. The molecule has 1 amide bonds. The van der Waals surface area contributed by atoms with Crippen molar-refractivity contribution >= 4 is 33.4 Å². The molecular weight excluding hydrogens is 636 g/mol. The maximum atomic E-state index is 16.7. The van der Waals surface area contributed by atoms with Gasteiger partial charge in [-0.2, -0.15) is 9.97 Å². The van der Waals surface area contributed by atoms with Crippen molar-refractivity contribution in [1.82, 2.24) is 29.7 Å². The molecular formula is C39H43F2N7O2. The van der Waals surface area contributed by atoms with Gasteiger partial charge in [0.25, 0.3) is 0 Å². The average molecular weight is 680 g/mol. The van der Waals surface area contributed by atoms with Crippen molar-refractivity contribution in [2.24, 2.45) is 0 Å². The summed E-state index contributed by atoms with van der Waals surface area (Å²) in [5.74, 6) is 1.53. The van der Waals surface area contributed by atoms with E-state index >= 15 is 4.39 Å². The van der Waals surface area contributed by atoms with Gasteiger partial charge < -0.3 is 19.4 Å². The minimum Gasteiger partial charge on any atom is -0.461 e. The van der Waals surface area contributed by atoms with Crippen molar-refractivity contribution in [2.45, 2.75) is 50.1 Å². The molecule has 0 spiro atoms. The van der Waals surface area contributed by atoms with Gasteiger partial charge in [0.05, 0.1) is 16.5 Å². The second kappa shape index (κ2) is 13.9. The van der Waals surface area contributed by atoms with Crippen LogP contribution < -0.4 is 9.64 Å². The van der Waals surface area contributed by atoms with Crippen molar-refractivity contribution < 1.29 is 18.3 Å². The predicted octanol–water partition coefficient (Wildman–Crippen LogP) is 5.66. The largest absolute Gasteiger partial charge is 0.461 e. The molecule has 8 rings (SSSR count). The molecule has 0 radical (unpaired) electrons. The number of fused-ring (bicyclic) bond motifs is 3. The second-order valence-corrected chi connectivity index (χ2v) is 13.9. The van der Waals surface area contributed by atoms with Gasteiger partial charge in [-0.05, 0) is 89.3 Å². The van der Waals surface area contributed by atoms with Gasteiger partial charge in [-0.15, -0.1) is 6.42 Å². The fraction of sp³-hybridized carbons (Fsp3) is 0.436. The Morgan fingerprint density at radius 2 is 1.88 bits per heavy atom. The van der Waals surface area contributed by atoms with E-state index in [4.69, 9.17) is 16.1 Å². The van der Waals surface area contributed by atoms with Gasteiger partial charge in [-0.25, -0.2) is 8.78 Å². The monoisotopic (exact) mass is 679 g/mol. The summed E-state index contributed by atoms with van der Waals surface area (Å²) in [7, 11) is 4.02. The number of ether oxygens (including phenoxy) is 1. The molecule has 0 saturated carbocycles. The number of nitrogens with zero attached hydrogens (tertiary/aromatic N) is 7. The highest BCUT2D eigenvalue weighted by molar-refractivity contribution is 6.02. The summed E-state index contributed by atoms with van der Waals surface area (Å²) in [6, 6.07) is 8.19. The summed E-state index contributed by atoms with van der Waals surface area (Å²) in [5.41, 5.74) is 0.423. The Labute approximate surface area is 291 Å². The zero-order valence-electron chi connectivity index (χ0n) is 28.8. The lowest BCUT2D eigenvalue weighted by molar-refractivity contribution is -0.125. The Bertz CT molecular complexity index is 1980. The number of anilines is 1. The first-order valence-corrected chi connectivity index (χ1v) is 17.5. The summed E-state index contributed by atoms with van der Waals surface area (Å²) >= 11 is 0. The number of amides is 1. The highest BCUT2D eigenvalue weighted by Gasteiger charge is 2.45. The van der Waals surface area contributed by atoms with Crippen LogP contribution in [-0.2, 0) is 4.79 Å². The topological polar surface area (TPSA) is 77.9 Å². The molecule has 1 unspecified atom stereocenters. The van der Waals surface area contributed by atoms with Crippen LogP contribution in [0.5, 0.6) is 6.01 Å². The molecule has 50 heavy (non-hydrogen) atoms. The Morgan fingerprint density at radius 1 is 1.12 bits per heavy atom. The van der Waals surface area contributed by atoms with Crippen LogP contribution >= 0.6 is 0 Å². The molecule has 4 aromatic rings. The van der Waals surface area contributed by atoms with Crippen LogP contribution in [0.2, 0.25) is 0 Å². The lowest BCUT2D eigenvalue weighted by Gasteiger charge is -2.31. The number of pyridine rings is 1. The molecule has 11 heteroatoms. The first-order chi connectivity index (χ1) is 24.2. The Balaban J connectivity index is 0.000000722. The normalized spacial score (nSPS) is 19.8. The lowest BCUT2D eigenvalue weighted by atomic mass is 9.95. The number of benzene rings is 2. The fourth-order valence-electron chi connectivity index (χ4n) is 7.93. The van der Waals surface area contributed by atoms with E-state index in [0.717, 1.165) is 38.8 Å². The summed E-state index contributed by atoms with van der Waals surface area (Å²) in [6.45, 7) is 9.82. The molecule has 4 saturated heterocycles. The molecule has 4 fully saturated rings. The maximum Gasteiger partial charge on any atom is 0.319 e. The van der Waals surface area contributed by atoms with E-state index in [2.05, 4.69) is 39.3 Å². The third kappa shape index (κ3) is 6.16. The number of aromatic nitrogens is 3. The molecule has 0 N–H and O–H groups in total. The van der Waals surface area contributed by atoms with E-state index in [9.17, 15) is 9.18 Å². The molecule has 1 atom stereocenters. The maximum absolute atomic E-state index is 16.7. The van der Waals surface area contributed by atoms with Crippen molar-refractivity contribution in [1.29, 1.82) is 0 Å². The number of halogens is 2. The van der Waals surface area contributed by atoms with Crippen molar-refractivity contribution in [3.05, 3.63) is 66.4 Å². The zero-order chi connectivity index (χ0) is 35.0. The van der Waals surface area contributed by atoms with Crippen LogP contribution in [-0.4, -0.2) is 107 Å². The zero-order valence-corrected chi connectivity index (χ0v) is 28.8. The average Bonchev–Trinajstić information content (AvgIpc) is 3.86. The molecule has 260 valence electrons. The second-order valence-electron chi connectivity index (χ2n) is 13.9. The summed E-state index contributed by atoms with van der Waals surface area (Å²) in [6.07, 6.45) is 15.0. The molecule has 4 aliphatic heterocycles. The van der Waals surface area contributed by atoms with E-state index in [1.54, 1.807) is 35.4 Å². The number of hydrogen-bond donors (Lipinski definition) is 0. The molecule has 6 heterocycles. The SMILES string of the molecule is C#Cc1c(F)ccc2cccc(-c3ncc4c(N(C)C5CCN(C(=O)C=C)C5)nc(OCC56CCCN5CCC6)nc4c3F)c12.CN1CCC1. The molecule has 2 aromatic carbocycles. The van der Waals surface area contributed by atoms with Crippen LogP contribution in [0.3, 0.4) is 0 Å². The van der Waals surface area contributed by atoms with Gasteiger partial charge >= 0.3 is 6.01 Å². The summed E-state index contributed by atoms with van der Waals surface area (Å²) < 4.78 is 37.9. The van der Waals surface area contributed by atoms with E-state index < -0.39 is 11.6 Å². The summed E-state index contributed by atoms with van der Waals surface area (Å²) in [5, 5.41) is 1.49. The van der Waals surface area contributed by atoms with Gasteiger partial charge in [0.15, 0.2) is 5.82 Å². The van der Waals surface area contributed by atoms with E-state index in [0.29, 0.717) is 53.7 Å². The summed E-state index contributed by atoms with van der Waals surface area (Å²) in [4.78, 5) is 34.7. The smallest absolute Gasteiger partial charge is 0.319 e. The van der Waals surface area contributed by atoms with Gasteiger partial charge in [0.2, 0.25) is 5.91 Å². The van der Waals surface area contributed by atoms with Crippen LogP contribution in [0.25, 0.3) is 32.9 Å². The third-order valence-corrected chi connectivity index (χ3v) is 10.9. The van der Waals surface area contributed by atoms with Crippen LogP contribution in [0, 0.1) is 24.0 Å². The molecule has 9 nitrogen and oxygen atoms in total. The Morgan fingerprint density at radius 3 is 2.56 bits per heavy atom. The van der Waals surface area contributed by atoms with Gasteiger partial charge in [-0.1, -0.05) is 36.8 Å². The minimum atomic E-state index is -0.675. The van der Waals surface area contributed by atoms with E-state index in [1.165, 1.54) is 31.7 Å². The standard InChI is InChI=1S/C35H34F2N6O2.C4H9N/c1-4-24-27(36)12-11-22-9-6-10-25(29(22)24)31-30(37)32-26(19-38-31)33(41(3)23-13-18-42(20-23)28(44)5-2)40-34(39-32)45-21-35-14-7-16-43(35)17-8-15-35;1-5-3-2-4-5/h1,5-6,9-12,19,23H,2,7-8,13-18,20-21H2,3H3;2-4H2,1H3. The highest BCUT2D eigenvalue weighted by atomic mass is 19.1. The number of terminal acetylenes is 1. The van der Waals surface area contributed by atoms with Crippen LogP contribution in [0.1, 0.15) is 44.1 Å². The third-order valence-electron chi connectivity index (χ3n) is 10.9. The number of likely N-dealkylation sites (tertiary alicyclic amines) is 2. The predicted molar refractivity (Wildman–Crippen MR) is 192 cm³/mol. The van der Waals surface area contributed by atoms with Crippen molar-refractivity contribution in [3.8, 4) is 29.6 Å². The van der Waals surface area contributed by atoms with E-state index in [-0.39, 0.29) is 40.3 Å². The van der Waals surface area contributed by atoms with Gasteiger partial charge in [0.1, 0.15) is 29.5 Å². The highest BCUT2D eigenvalue weighted by Crippen LogP contribution is 2.40. The van der Waals surface area contributed by atoms with Crippen LogP contribution in [0.15, 0.2) is 49.2 Å². The molecule has 4 aliphatic rings. The van der Waals surface area contributed by atoms with Crippen molar-refractivity contribution in [3.63, 3.8) is 0 Å². The number of hydrogen-bond acceptors (Lipinski definition) is 8. The van der Waals surface area contributed by atoms with E-state index in [1.807, 2.05) is 11.9 Å². The molecule has 0 bridgehead atoms. The quantitative estimate of drug-likeness (QED) is 0.183.